The highest BCUT2D eigenvalue weighted by atomic mass is 35.5. The zero-order chi connectivity index (χ0) is 14.0. The van der Waals surface area contributed by atoms with Crippen LogP contribution in [0.15, 0.2) is 24.4 Å². The maximum atomic E-state index is 12.1. The maximum absolute atomic E-state index is 12.1. The fourth-order valence-corrected chi connectivity index (χ4v) is 2.00. The van der Waals surface area contributed by atoms with E-state index in [1.807, 2.05) is 6.92 Å². The van der Waals surface area contributed by atoms with E-state index >= 15 is 0 Å². The molecule has 0 unspecified atom stereocenters. The molecule has 0 fully saturated rings. The van der Waals surface area contributed by atoms with Crippen LogP contribution in [-0.2, 0) is 0 Å². The third-order valence-electron chi connectivity index (χ3n) is 2.41. The number of nitrogens with zero attached hydrogens (tertiary/aromatic N) is 2. The molecular weight excluding hydrogens is 285 g/mol. The normalized spacial score (nSPS) is 10.3. The molecule has 19 heavy (non-hydrogen) atoms. The fourth-order valence-electron chi connectivity index (χ4n) is 1.59. The van der Waals surface area contributed by atoms with Crippen molar-refractivity contribution in [1.82, 2.24) is 9.97 Å². The molecule has 4 nitrogen and oxygen atoms in total. The SMILES string of the molecule is Cc1cnc(Cl)c(NC(=O)c2cc(C)nc(Cl)c2)c1. The molecule has 0 bridgehead atoms. The van der Waals surface area contributed by atoms with Crippen LogP contribution in [0.4, 0.5) is 5.69 Å². The Morgan fingerprint density at radius 3 is 2.63 bits per heavy atom. The van der Waals surface area contributed by atoms with Gasteiger partial charge in [-0.15, -0.1) is 0 Å². The Labute approximate surface area is 120 Å². The number of rotatable bonds is 2. The van der Waals surface area contributed by atoms with E-state index in [0.29, 0.717) is 16.9 Å². The highest BCUT2D eigenvalue weighted by molar-refractivity contribution is 6.32. The number of halogens is 2. The minimum atomic E-state index is -0.304. The molecule has 0 aliphatic rings. The summed E-state index contributed by atoms with van der Waals surface area (Å²) in [6, 6.07) is 4.91. The summed E-state index contributed by atoms with van der Waals surface area (Å²) in [6.45, 7) is 3.64. The first-order valence-corrected chi connectivity index (χ1v) is 6.29. The van der Waals surface area contributed by atoms with Crippen molar-refractivity contribution >= 4 is 34.8 Å². The number of anilines is 1. The molecular formula is C13H11Cl2N3O. The van der Waals surface area contributed by atoms with E-state index < -0.39 is 0 Å². The number of amides is 1. The van der Waals surface area contributed by atoms with Crippen LogP contribution in [0.2, 0.25) is 10.3 Å². The van der Waals surface area contributed by atoms with E-state index in [2.05, 4.69) is 15.3 Å². The van der Waals surface area contributed by atoms with Gasteiger partial charge in [0.1, 0.15) is 5.15 Å². The van der Waals surface area contributed by atoms with Crippen LogP contribution >= 0.6 is 23.2 Å². The van der Waals surface area contributed by atoms with Crippen molar-refractivity contribution in [3.63, 3.8) is 0 Å². The lowest BCUT2D eigenvalue weighted by Crippen LogP contribution is -2.13. The van der Waals surface area contributed by atoms with Gasteiger partial charge in [-0.2, -0.15) is 0 Å². The molecule has 0 aliphatic carbocycles. The van der Waals surface area contributed by atoms with Crippen molar-refractivity contribution in [2.75, 3.05) is 5.32 Å². The largest absolute Gasteiger partial charge is 0.319 e. The van der Waals surface area contributed by atoms with Crippen LogP contribution in [0, 0.1) is 13.8 Å². The van der Waals surface area contributed by atoms with Gasteiger partial charge in [-0.25, -0.2) is 9.97 Å². The van der Waals surface area contributed by atoms with Gasteiger partial charge in [0, 0.05) is 17.5 Å². The van der Waals surface area contributed by atoms with Crippen molar-refractivity contribution < 1.29 is 4.79 Å². The van der Waals surface area contributed by atoms with Gasteiger partial charge in [0.15, 0.2) is 5.15 Å². The van der Waals surface area contributed by atoms with Crippen LogP contribution in [0.5, 0.6) is 0 Å². The predicted molar refractivity (Wildman–Crippen MR) is 75.9 cm³/mol. The molecule has 6 heteroatoms. The lowest BCUT2D eigenvalue weighted by molar-refractivity contribution is 0.102. The van der Waals surface area contributed by atoms with Crippen molar-refractivity contribution in [3.05, 3.63) is 51.5 Å². The summed E-state index contributed by atoms with van der Waals surface area (Å²) in [5.74, 6) is -0.304. The Balaban J connectivity index is 2.28. The highest BCUT2D eigenvalue weighted by Gasteiger charge is 2.11. The molecule has 0 aromatic carbocycles. The monoisotopic (exact) mass is 295 g/mol. The predicted octanol–water partition coefficient (Wildman–Crippen LogP) is 3.65. The first-order valence-electron chi connectivity index (χ1n) is 5.53. The first-order chi connectivity index (χ1) is 8.95. The van der Waals surface area contributed by atoms with Crippen LogP contribution < -0.4 is 5.32 Å². The molecule has 2 aromatic rings. The summed E-state index contributed by atoms with van der Waals surface area (Å²) in [5, 5.41) is 3.22. The van der Waals surface area contributed by atoms with Crippen molar-refractivity contribution in [1.29, 1.82) is 0 Å². The number of hydrogen-bond acceptors (Lipinski definition) is 3. The molecule has 0 spiro atoms. The molecule has 0 atom stereocenters. The van der Waals surface area contributed by atoms with Crippen LogP contribution in [-0.4, -0.2) is 15.9 Å². The zero-order valence-corrected chi connectivity index (χ0v) is 11.9. The summed E-state index contributed by atoms with van der Waals surface area (Å²) in [4.78, 5) is 20.1. The summed E-state index contributed by atoms with van der Waals surface area (Å²) in [6.07, 6.45) is 1.63. The van der Waals surface area contributed by atoms with Gasteiger partial charge in [-0.1, -0.05) is 23.2 Å². The molecule has 0 radical (unpaired) electrons. The second-order valence-electron chi connectivity index (χ2n) is 4.13. The van der Waals surface area contributed by atoms with Gasteiger partial charge >= 0.3 is 0 Å². The fraction of sp³-hybridized carbons (Fsp3) is 0.154. The lowest BCUT2D eigenvalue weighted by atomic mass is 10.2. The molecule has 2 rings (SSSR count). The topological polar surface area (TPSA) is 54.9 Å². The van der Waals surface area contributed by atoms with Gasteiger partial charge in [0.25, 0.3) is 5.91 Å². The van der Waals surface area contributed by atoms with E-state index in [1.54, 1.807) is 25.3 Å². The van der Waals surface area contributed by atoms with E-state index in [4.69, 9.17) is 23.2 Å². The van der Waals surface area contributed by atoms with Crippen molar-refractivity contribution in [3.8, 4) is 0 Å². The average Bonchev–Trinajstić information content (AvgIpc) is 2.32. The molecule has 0 aliphatic heterocycles. The Hall–Kier alpha value is -1.65. The Bertz CT molecular complexity index is 624. The molecule has 1 N–H and O–H groups in total. The van der Waals surface area contributed by atoms with Crippen molar-refractivity contribution in [2.24, 2.45) is 0 Å². The quantitative estimate of drug-likeness (QED) is 0.861. The summed E-state index contributed by atoms with van der Waals surface area (Å²) in [7, 11) is 0. The van der Waals surface area contributed by atoms with Crippen LogP contribution in [0.25, 0.3) is 0 Å². The zero-order valence-electron chi connectivity index (χ0n) is 10.4. The molecule has 1 amide bonds. The van der Waals surface area contributed by atoms with E-state index in [0.717, 1.165) is 5.56 Å². The van der Waals surface area contributed by atoms with Crippen LogP contribution in [0.1, 0.15) is 21.6 Å². The van der Waals surface area contributed by atoms with Gasteiger partial charge < -0.3 is 5.32 Å². The molecule has 0 saturated heterocycles. The second kappa shape index (κ2) is 5.55. The number of aromatic nitrogens is 2. The van der Waals surface area contributed by atoms with Gasteiger partial charge in [-0.05, 0) is 37.6 Å². The second-order valence-corrected chi connectivity index (χ2v) is 4.87. The molecule has 2 heterocycles. The third-order valence-corrected chi connectivity index (χ3v) is 2.90. The van der Waals surface area contributed by atoms with E-state index in [-0.39, 0.29) is 16.2 Å². The Morgan fingerprint density at radius 1 is 1.21 bits per heavy atom. The first kappa shape index (κ1) is 13.8. The summed E-state index contributed by atoms with van der Waals surface area (Å²) >= 11 is 11.8. The van der Waals surface area contributed by atoms with Gasteiger partial charge in [0.2, 0.25) is 0 Å². The smallest absolute Gasteiger partial charge is 0.255 e. The standard InChI is InChI=1S/C13H11Cl2N3O/c1-7-3-10(12(15)16-6-7)18-13(19)9-4-8(2)17-11(14)5-9/h3-6H,1-2H3,(H,18,19). The number of nitrogens with one attached hydrogen (secondary N) is 1. The third kappa shape index (κ3) is 3.43. The Morgan fingerprint density at radius 2 is 1.95 bits per heavy atom. The number of carbonyl (C=O) groups excluding carboxylic acids is 1. The van der Waals surface area contributed by atoms with Crippen LogP contribution in [0.3, 0.4) is 0 Å². The van der Waals surface area contributed by atoms with Gasteiger partial charge in [0.05, 0.1) is 5.69 Å². The van der Waals surface area contributed by atoms with Crippen molar-refractivity contribution in [2.45, 2.75) is 13.8 Å². The molecule has 0 saturated carbocycles. The molecule has 2 aromatic heterocycles. The van der Waals surface area contributed by atoms with E-state index in [1.165, 1.54) is 6.07 Å². The average molecular weight is 296 g/mol. The number of aryl methyl sites for hydroxylation is 2. The lowest BCUT2D eigenvalue weighted by Gasteiger charge is -2.08. The van der Waals surface area contributed by atoms with Gasteiger partial charge in [-0.3, -0.25) is 4.79 Å². The highest BCUT2D eigenvalue weighted by Crippen LogP contribution is 2.21. The summed E-state index contributed by atoms with van der Waals surface area (Å²) in [5.41, 5.74) is 2.47. The number of hydrogen-bond donors (Lipinski definition) is 1. The Kier molecular flexibility index (Phi) is 4.02. The number of carbonyl (C=O) groups is 1. The summed E-state index contributed by atoms with van der Waals surface area (Å²) < 4.78 is 0. The maximum Gasteiger partial charge on any atom is 0.255 e. The van der Waals surface area contributed by atoms with E-state index in [9.17, 15) is 4.79 Å². The molecule has 98 valence electrons. The number of pyridine rings is 2. The minimum absolute atomic E-state index is 0.246. The minimum Gasteiger partial charge on any atom is -0.319 e.